The summed E-state index contributed by atoms with van der Waals surface area (Å²) >= 11 is 0. The zero-order valence-electron chi connectivity index (χ0n) is 14.7. The second kappa shape index (κ2) is 6.82. The van der Waals surface area contributed by atoms with Crippen molar-refractivity contribution in [1.82, 2.24) is 4.90 Å². The lowest BCUT2D eigenvalue weighted by atomic mass is 9.88. The fourth-order valence-electron chi connectivity index (χ4n) is 3.27. The lowest BCUT2D eigenvalue weighted by Gasteiger charge is -2.36. The number of carbonyl (C=O) groups is 1. The van der Waals surface area contributed by atoms with Gasteiger partial charge in [-0.2, -0.15) is 13.2 Å². The minimum Gasteiger partial charge on any atom is -0.325 e. The van der Waals surface area contributed by atoms with Gasteiger partial charge in [-0.05, 0) is 51.4 Å². The normalized spacial score (nSPS) is 21.0. The molecule has 0 aliphatic carbocycles. The van der Waals surface area contributed by atoms with E-state index in [1.165, 1.54) is 36.9 Å². The van der Waals surface area contributed by atoms with Crippen molar-refractivity contribution in [2.24, 2.45) is 11.1 Å². The molecule has 1 heterocycles. The van der Waals surface area contributed by atoms with E-state index in [9.17, 15) is 26.4 Å². The third-order valence-corrected chi connectivity index (χ3v) is 5.81. The number of hydrogen-bond donors (Lipinski definition) is 2. The van der Waals surface area contributed by atoms with Crippen molar-refractivity contribution in [1.29, 1.82) is 0 Å². The van der Waals surface area contributed by atoms with Crippen LogP contribution >= 0.6 is 0 Å². The average molecular weight is 393 g/mol. The van der Waals surface area contributed by atoms with Crippen LogP contribution in [0.3, 0.4) is 0 Å². The van der Waals surface area contributed by atoms with Crippen LogP contribution in [0.5, 0.6) is 0 Å². The number of anilines is 1. The van der Waals surface area contributed by atoms with Crippen molar-refractivity contribution in [2.45, 2.75) is 43.8 Å². The first-order valence-corrected chi connectivity index (χ1v) is 9.52. The van der Waals surface area contributed by atoms with Gasteiger partial charge in [0.25, 0.3) is 0 Å². The van der Waals surface area contributed by atoms with Gasteiger partial charge in [-0.1, -0.05) is 6.07 Å². The highest BCUT2D eigenvalue weighted by molar-refractivity contribution is 7.89. The van der Waals surface area contributed by atoms with Crippen LogP contribution in [0, 0.1) is 12.8 Å². The van der Waals surface area contributed by atoms with Crippen molar-refractivity contribution >= 4 is 21.6 Å². The van der Waals surface area contributed by atoms with Gasteiger partial charge in [0.15, 0.2) is 0 Å². The first-order valence-electron chi connectivity index (χ1n) is 7.98. The molecular formula is C16H22F3N3O3S. The monoisotopic (exact) mass is 393 g/mol. The smallest absolute Gasteiger partial charge is 0.325 e. The summed E-state index contributed by atoms with van der Waals surface area (Å²) in [6.45, 7) is 4.54. The van der Waals surface area contributed by atoms with Gasteiger partial charge in [-0.15, -0.1) is 0 Å². The summed E-state index contributed by atoms with van der Waals surface area (Å²) in [7, 11) is -3.93. The molecule has 1 saturated heterocycles. The van der Waals surface area contributed by atoms with Crippen LogP contribution in [-0.2, 0) is 14.8 Å². The van der Waals surface area contributed by atoms with Crippen LogP contribution in [0.4, 0.5) is 18.9 Å². The Kier molecular flexibility index (Phi) is 5.42. The van der Waals surface area contributed by atoms with E-state index >= 15 is 0 Å². The summed E-state index contributed by atoms with van der Waals surface area (Å²) in [6, 6.07) is 4.04. The number of sulfonamides is 1. The lowest BCUT2D eigenvalue weighted by molar-refractivity contribution is -0.191. The predicted molar refractivity (Wildman–Crippen MR) is 91.0 cm³/mol. The highest BCUT2D eigenvalue weighted by Gasteiger charge is 2.54. The van der Waals surface area contributed by atoms with E-state index in [4.69, 9.17) is 5.14 Å². The zero-order valence-corrected chi connectivity index (χ0v) is 15.5. The number of likely N-dealkylation sites (tertiary alicyclic amines) is 1. The van der Waals surface area contributed by atoms with Gasteiger partial charge in [-0.25, -0.2) is 13.6 Å². The van der Waals surface area contributed by atoms with Gasteiger partial charge >= 0.3 is 6.18 Å². The molecule has 3 N–H and O–H groups in total. The van der Waals surface area contributed by atoms with E-state index < -0.39 is 33.6 Å². The number of carbonyl (C=O) groups excluding carboxylic acids is 1. The molecule has 0 unspecified atom stereocenters. The second-order valence-electron chi connectivity index (χ2n) is 7.03. The fourth-order valence-corrected chi connectivity index (χ4v) is 3.81. The quantitative estimate of drug-likeness (QED) is 0.821. The number of aryl methyl sites for hydroxylation is 1. The van der Waals surface area contributed by atoms with E-state index in [0.29, 0.717) is 5.56 Å². The Bertz CT molecular complexity index is 807. The maximum Gasteiger partial charge on any atom is 0.393 e. The first kappa shape index (κ1) is 20.7. The van der Waals surface area contributed by atoms with Gasteiger partial charge in [0.1, 0.15) is 0 Å². The number of rotatable bonds is 4. The Hall–Kier alpha value is -1.65. The van der Waals surface area contributed by atoms with E-state index in [2.05, 4.69) is 5.32 Å². The molecule has 1 amide bonds. The van der Waals surface area contributed by atoms with Gasteiger partial charge in [0.05, 0.1) is 17.4 Å². The van der Waals surface area contributed by atoms with E-state index in [1.807, 2.05) is 0 Å². The minimum atomic E-state index is -4.32. The Balaban J connectivity index is 2.13. The third kappa shape index (κ3) is 4.36. The average Bonchev–Trinajstić information content (AvgIpc) is 2.75. The van der Waals surface area contributed by atoms with Crippen LogP contribution in [0.1, 0.15) is 25.8 Å². The predicted octanol–water partition coefficient (Wildman–Crippen LogP) is 2.24. The number of halogens is 3. The highest BCUT2D eigenvalue weighted by atomic mass is 32.2. The Morgan fingerprint density at radius 1 is 1.38 bits per heavy atom. The zero-order chi connectivity index (χ0) is 19.9. The molecule has 0 radical (unpaired) electrons. The standard InChI is InChI=1S/C16H22F3N3O3S/c1-10-4-5-11(26(20,24)25)8-12(10)21-14(23)9-22-7-6-13(15(22,2)3)16(17,18)19/h4-5,8,13H,6-7,9H2,1-3H3,(H,21,23)(H2,20,24,25)/t13-/m0/s1. The molecule has 1 aliphatic rings. The molecule has 0 spiro atoms. The molecular weight excluding hydrogens is 371 g/mol. The van der Waals surface area contributed by atoms with Crippen molar-refractivity contribution in [3.05, 3.63) is 23.8 Å². The number of hydrogen-bond acceptors (Lipinski definition) is 4. The minimum absolute atomic E-state index is 0.0658. The highest BCUT2D eigenvalue weighted by Crippen LogP contribution is 2.44. The summed E-state index contributed by atoms with van der Waals surface area (Å²) in [4.78, 5) is 13.6. The Labute approximate surface area is 150 Å². The largest absolute Gasteiger partial charge is 0.393 e. The number of nitrogens with one attached hydrogen (secondary N) is 1. The molecule has 1 aromatic carbocycles. The van der Waals surface area contributed by atoms with Crippen LogP contribution in [0.25, 0.3) is 0 Å². The van der Waals surface area contributed by atoms with Gasteiger partial charge in [-0.3, -0.25) is 9.69 Å². The number of primary sulfonamides is 1. The second-order valence-corrected chi connectivity index (χ2v) is 8.59. The van der Waals surface area contributed by atoms with Crippen LogP contribution < -0.4 is 10.5 Å². The SMILES string of the molecule is Cc1ccc(S(N)(=O)=O)cc1NC(=O)CN1CC[C@H](C(F)(F)F)C1(C)C. The summed E-state index contributed by atoms with van der Waals surface area (Å²) < 4.78 is 62.2. The number of nitrogens with zero attached hydrogens (tertiary/aromatic N) is 1. The summed E-state index contributed by atoms with van der Waals surface area (Å²) in [5.41, 5.74) is -0.335. The van der Waals surface area contributed by atoms with Gasteiger partial charge in [0, 0.05) is 11.2 Å². The molecule has 10 heteroatoms. The molecule has 1 fully saturated rings. The molecule has 0 bridgehead atoms. The maximum atomic E-state index is 13.1. The van der Waals surface area contributed by atoms with Crippen LogP contribution in [-0.4, -0.2) is 44.0 Å². The number of amides is 1. The molecule has 6 nitrogen and oxygen atoms in total. The number of alkyl halides is 3. The molecule has 1 atom stereocenters. The van der Waals surface area contributed by atoms with E-state index in [1.54, 1.807) is 6.92 Å². The fraction of sp³-hybridized carbons (Fsp3) is 0.562. The van der Waals surface area contributed by atoms with Crippen molar-refractivity contribution in [2.75, 3.05) is 18.4 Å². The van der Waals surface area contributed by atoms with Crippen molar-refractivity contribution in [3.8, 4) is 0 Å². The summed E-state index contributed by atoms with van der Waals surface area (Å²) in [5.74, 6) is -2.02. The van der Waals surface area contributed by atoms with Crippen molar-refractivity contribution in [3.63, 3.8) is 0 Å². The van der Waals surface area contributed by atoms with Gasteiger partial charge < -0.3 is 5.32 Å². The molecule has 2 rings (SSSR count). The van der Waals surface area contributed by atoms with E-state index in [0.717, 1.165) is 0 Å². The molecule has 146 valence electrons. The van der Waals surface area contributed by atoms with Crippen LogP contribution in [0.15, 0.2) is 23.1 Å². The number of benzene rings is 1. The Morgan fingerprint density at radius 2 is 2.00 bits per heavy atom. The summed E-state index contributed by atoms with van der Waals surface area (Å²) in [5, 5.41) is 7.63. The van der Waals surface area contributed by atoms with E-state index in [-0.39, 0.29) is 30.1 Å². The first-order chi connectivity index (χ1) is 11.7. The van der Waals surface area contributed by atoms with Crippen molar-refractivity contribution < 1.29 is 26.4 Å². The molecule has 1 aliphatic heterocycles. The van der Waals surface area contributed by atoms with Gasteiger partial charge in [0.2, 0.25) is 15.9 Å². The molecule has 0 saturated carbocycles. The van der Waals surface area contributed by atoms with Crippen LogP contribution in [0.2, 0.25) is 0 Å². The third-order valence-electron chi connectivity index (χ3n) is 4.90. The topological polar surface area (TPSA) is 92.5 Å². The summed E-state index contributed by atoms with van der Waals surface area (Å²) in [6.07, 6.45) is -4.39. The molecule has 0 aromatic heterocycles. The molecule has 1 aromatic rings. The lowest BCUT2D eigenvalue weighted by Crippen LogP contribution is -2.49. The Morgan fingerprint density at radius 3 is 2.50 bits per heavy atom. The molecule has 26 heavy (non-hydrogen) atoms. The number of nitrogens with two attached hydrogens (primary N) is 1. The maximum absolute atomic E-state index is 13.1.